The van der Waals surface area contributed by atoms with Crippen LogP contribution in [-0.4, -0.2) is 145 Å². The van der Waals surface area contributed by atoms with Gasteiger partial charge in [0.15, 0.2) is 0 Å². The van der Waals surface area contributed by atoms with E-state index >= 15 is 0 Å². The molecule has 0 atom stereocenters. The minimum Gasteiger partial charge on any atom is -0.379 e. The minimum absolute atomic E-state index is 0.527. The van der Waals surface area contributed by atoms with Crippen molar-refractivity contribution in [3.05, 3.63) is 0 Å². The zero-order valence-corrected chi connectivity index (χ0v) is 24.9. The number of unbranched alkanes of at least 4 members (excludes halogenated alkanes) is 3. The largest absolute Gasteiger partial charge is 0.379 e. The summed E-state index contributed by atoms with van der Waals surface area (Å²) in [5.74, 6) is 0. The van der Waals surface area contributed by atoms with Crippen LogP contribution in [0.25, 0.3) is 0 Å². The van der Waals surface area contributed by atoms with Gasteiger partial charge in [0.25, 0.3) is 0 Å². The molecule has 0 aromatic heterocycles. The molecule has 0 bridgehead atoms. The van der Waals surface area contributed by atoms with Crippen LogP contribution in [0.15, 0.2) is 0 Å². The average Bonchev–Trinajstić information content (AvgIpc) is 2.95. The Balaban J connectivity index is 3.01. The van der Waals surface area contributed by atoms with Gasteiger partial charge < -0.3 is 52.1 Å². The van der Waals surface area contributed by atoms with E-state index < -0.39 is 0 Å². The Morgan fingerprint density at radius 2 is 0.462 bits per heavy atom. The first kappa shape index (κ1) is 38.6. The molecular formula is C28H58O11. The van der Waals surface area contributed by atoms with Crippen LogP contribution < -0.4 is 0 Å². The van der Waals surface area contributed by atoms with E-state index in [4.69, 9.17) is 52.1 Å². The Bertz CT molecular complexity index is 383. The maximum atomic E-state index is 5.52. The molecule has 236 valence electrons. The summed E-state index contributed by atoms with van der Waals surface area (Å²) in [4.78, 5) is 0. The van der Waals surface area contributed by atoms with Crippen LogP contribution >= 0.6 is 0 Å². The summed E-state index contributed by atoms with van der Waals surface area (Å²) in [5, 5.41) is 0. The third kappa shape index (κ3) is 37.6. The van der Waals surface area contributed by atoms with Gasteiger partial charge in [-0.1, -0.05) is 26.2 Å². The molecule has 0 saturated carbocycles. The molecule has 0 N–H and O–H groups in total. The van der Waals surface area contributed by atoms with Crippen molar-refractivity contribution in [3.8, 4) is 0 Å². The fourth-order valence-electron chi connectivity index (χ4n) is 2.97. The predicted molar refractivity (Wildman–Crippen MR) is 149 cm³/mol. The highest BCUT2D eigenvalue weighted by atomic mass is 16.6. The molecule has 0 radical (unpaired) electrons. The second kappa shape index (κ2) is 37.6. The molecule has 0 unspecified atom stereocenters. The maximum absolute atomic E-state index is 5.52. The summed E-state index contributed by atoms with van der Waals surface area (Å²) in [6.07, 6.45) is 4.91. The first-order valence-electron chi connectivity index (χ1n) is 14.8. The van der Waals surface area contributed by atoms with Crippen molar-refractivity contribution in [3.63, 3.8) is 0 Å². The molecule has 0 rings (SSSR count). The van der Waals surface area contributed by atoms with E-state index in [1.54, 1.807) is 0 Å². The summed E-state index contributed by atoms with van der Waals surface area (Å²) in [6.45, 7) is 16.9. The van der Waals surface area contributed by atoms with Crippen molar-refractivity contribution in [1.29, 1.82) is 0 Å². The Morgan fingerprint density at radius 3 is 0.692 bits per heavy atom. The van der Waals surface area contributed by atoms with Crippen LogP contribution in [0.4, 0.5) is 0 Å². The molecule has 0 aromatic rings. The Hall–Kier alpha value is -0.440. The molecule has 0 spiro atoms. The van der Waals surface area contributed by atoms with E-state index in [0.717, 1.165) is 13.0 Å². The van der Waals surface area contributed by atoms with Gasteiger partial charge in [-0.3, -0.25) is 0 Å². The minimum atomic E-state index is 0.527. The van der Waals surface area contributed by atoms with Crippen LogP contribution in [-0.2, 0) is 52.1 Å². The van der Waals surface area contributed by atoms with Gasteiger partial charge in [0, 0.05) is 13.2 Å². The van der Waals surface area contributed by atoms with Gasteiger partial charge in [-0.25, -0.2) is 0 Å². The lowest BCUT2D eigenvalue weighted by molar-refractivity contribution is -0.0274. The molecule has 0 fully saturated rings. The van der Waals surface area contributed by atoms with Gasteiger partial charge in [-0.05, 0) is 13.3 Å². The van der Waals surface area contributed by atoms with E-state index in [1.807, 2.05) is 6.92 Å². The predicted octanol–water partition coefficient (Wildman–Crippen LogP) is 2.77. The maximum Gasteiger partial charge on any atom is 0.0701 e. The number of hydrogen-bond donors (Lipinski definition) is 0. The summed E-state index contributed by atoms with van der Waals surface area (Å²) in [6, 6.07) is 0. The van der Waals surface area contributed by atoms with Crippen LogP contribution in [0.5, 0.6) is 0 Å². The van der Waals surface area contributed by atoms with E-state index in [2.05, 4.69) is 6.92 Å². The highest BCUT2D eigenvalue weighted by Gasteiger charge is 1.96. The molecule has 0 aliphatic heterocycles. The Kier molecular flexibility index (Phi) is 37.1. The normalized spacial score (nSPS) is 11.5. The van der Waals surface area contributed by atoms with Gasteiger partial charge in [0.1, 0.15) is 0 Å². The lowest BCUT2D eigenvalue weighted by atomic mass is 10.2. The summed E-state index contributed by atoms with van der Waals surface area (Å²) >= 11 is 0. The number of rotatable bonds is 36. The zero-order valence-electron chi connectivity index (χ0n) is 24.9. The van der Waals surface area contributed by atoms with Gasteiger partial charge in [0.2, 0.25) is 0 Å². The molecule has 11 heteroatoms. The van der Waals surface area contributed by atoms with Gasteiger partial charge >= 0.3 is 0 Å². The van der Waals surface area contributed by atoms with E-state index in [1.165, 1.54) is 19.3 Å². The summed E-state index contributed by atoms with van der Waals surface area (Å²) < 4.78 is 59.7. The van der Waals surface area contributed by atoms with Crippen molar-refractivity contribution in [1.82, 2.24) is 0 Å². The summed E-state index contributed by atoms with van der Waals surface area (Å²) in [7, 11) is 0. The molecule has 39 heavy (non-hydrogen) atoms. The zero-order chi connectivity index (χ0) is 28.2. The van der Waals surface area contributed by atoms with E-state index in [0.29, 0.717) is 139 Å². The first-order chi connectivity index (χ1) is 19.4. The van der Waals surface area contributed by atoms with E-state index in [-0.39, 0.29) is 0 Å². The lowest BCUT2D eigenvalue weighted by Crippen LogP contribution is -2.15. The van der Waals surface area contributed by atoms with Crippen molar-refractivity contribution >= 4 is 0 Å². The Labute approximate surface area is 237 Å². The second-order valence-electron chi connectivity index (χ2n) is 8.38. The van der Waals surface area contributed by atoms with Crippen molar-refractivity contribution in [2.45, 2.75) is 39.5 Å². The van der Waals surface area contributed by atoms with Crippen molar-refractivity contribution in [2.24, 2.45) is 0 Å². The molecule has 0 saturated heterocycles. The molecule has 0 aliphatic carbocycles. The fraction of sp³-hybridized carbons (Fsp3) is 1.00. The van der Waals surface area contributed by atoms with Crippen LogP contribution in [0, 0.1) is 0 Å². The van der Waals surface area contributed by atoms with Gasteiger partial charge in [0.05, 0.1) is 132 Å². The molecule has 0 heterocycles. The highest BCUT2D eigenvalue weighted by Crippen LogP contribution is 1.98. The quantitative estimate of drug-likeness (QED) is 0.104. The number of ether oxygens (including phenoxy) is 11. The first-order valence-corrected chi connectivity index (χ1v) is 14.8. The lowest BCUT2D eigenvalue weighted by Gasteiger charge is -2.09. The molecule has 11 nitrogen and oxygen atoms in total. The van der Waals surface area contributed by atoms with Gasteiger partial charge in [-0.2, -0.15) is 0 Å². The van der Waals surface area contributed by atoms with E-state index in [9.17, 15) is 0 Å². The van der Waals surface area contributed by atoms with Crippen molar-refractivity contribution < 1.29 is 52.1 Å². The monoisotopic (exact) mass is 570 g/mol. The van der Waals surface area contributed by atoms with Crippen molar-refractivity contribution in [2.75, 3.05) is 145 Å². The third-order valence-electron chi connectivity index (χ3n) is 5.07. The second-order valence-corrected chi connectivity index (χ2v) is 8.38. The molecular weight excluding hydrogens is 512 g/mol. The van der Waals surface area contributed by atoms with Gasteiger partial charge in [-0.15, -0.1) is 0 Å². The Morgan fingerprint density at radius 1 is 0.231 bits per heavy atom. The van der Waals surface area contributed by atoms with Crippen LogP contribution in [0.3, 0.4) is 0 Å². The SMILES string of the molecule is CCCCCCOCCOCCOCCOCCOCCOCCOCCOCCOCCOCCOCC. The standard InChI is InChI=1S/C28H58O11/c1-3-5-6-7-8-30-11-12-32-15-16-34-19-20-36-23-24-38-27-28-39-26-25-37-22-21-35-18-17-33-14-13-31-10-9-29-4-2/h3-28H2,1-2H3. The molecule has 0 aliphatic rings. The summed E-state index contributed by atoms with van der Waals surface area (Å²) in [5.41, 5.74) is 0. The third-order valence-corrected chi connectivity index (χ3v) is 5.07. The molecule has 0 amide bonds. The molecule has 0 aromatic carbocycles. The fourth-order valence-corrected chi connectivity index (χ4v) is 2.97. The van der Waals surface area contributed by atoms with Crippen LogP contribution in [0.2, 0.25) is 0 Å². The number of hydrogen-bond acceptors (Lipinski definition) is 11. The average molecular weight is 571 g/mol. The smallest absolute Gasteiger partial charge is 0.0701 e. The topological polar surface area (TPSA) is 102 Å². The highest BCUT2D eigenvalue weighted by molar-refractivity contribution is 4.41. The van der Waals surface area contributed by atoms with Crippen LogP contribution in [0.1, 0.15) is 39.5 Å².